The van der Waals surface area contributed by atoms with Gasteiger partial charge in [-0.05, 0) is 31.5 Å². The predicted molar refractivity (Wildman–Crippen MR) is 69.2 cm³/mol. The zero-order valence-electron chi connectivity index (χ0n) is 10.9. The maximum absolute atomic E-state index is 11.8. The Morgan fingerprint density at radius 2 is 2.06 bits per heavy atom. The fourth-order valence-electron chi connectivity index (χ4n) is 1.35. The quantitative estimate of drug-likeness (QED) is 0.644. The molecule has 0 saturated carbocycles. The van der Waals surface area contributed by atoms with E-state index in [-0.39, 0.29) is 12.5 Å². The topological polar surface area (TPSA) is 72.6 Å². The van der Waals surface area contributed by atoms with Crippen molar-refractivity contribution in [1.29, 1.82) is 0 Å². The van der Waals surface area contributed by atoms with Gasteiger partial charge < -0.3 is 15.4 Å². The molecular formula is C13H18N2O3. The van der Waals surface area contributed by atoms with Crippen LogP contribution in [0.5, 0.6) is 0 Å². The van der Waals surface area contributed by atoms with E-state index in [1.165, 1.54) is 4.90 Å². The smallest absolute Gasteiger partial charge is 0.338 e. The summed E-state index contributed by atoms with van der Waals surface area (Å²) in [5.74, 6) is -0.759. The van der Waals surface area contributed by atoms with E-state index in [0.29, 0.717) is 17.8 Å². The van der Waals surface area contributed by atoms with Crippen molar-refractivity contribution in [1.82, 2.24) is 4.90 Å². The number of carbonyl (C=O) groups is 2. The number of esters is 1. The van der Waals surface area contributed by atoms with Gasteiger partial charge in [-0.1, -0.05) is 6.07 Å². The summed E-state index contributed by atoms with van der Waals surface area (Å²) in [6.45, 7) is 3.96. The van der Waals surface area contributed by atoms with Crippen LogP contribution in [0.15, 0.2) is 18.2 Å². The molecule has 0 bridgehead atoms. The van der Waals surface area contributed by atoms with Crippen molar-refractivity contribution in [2.45, 2.75) is 13.8 Å². The Morgan fingerprint density at radius 1 is 1.39 bits per heavy atom. The summed E-state index contributed by atoms with van der Waals surface area (Å²) < 4.78 is 4.96. The van der Waals surface area contributed by atoms with Gasteiger partial charge in [0.15, 0.2) is 6.61 Å². The fourth-order valence-corrected chi connectivity index (χ4v) is 1.35. The fraction of sp³-hybridized carbons (Fsp3) is 0.385. The summed E-state index contributed by atoms with van der Waals surface area (Å²) in [4.78, 5) is 24.8. The number of aryl methyl sites for hydroxylation is 1. The van der Waals surface area contributed by atoms with Crippen LogP contribution in [0.1, 0.15) is 22.8 Å². The lowest BCUT2D eigenvalue weighted by atomic mass is 10.1. The van der Waals surface area contributed by atoms with Crippen LogP contribution in [-0.2, 0) is 9.53 Å². The van der Waals surface area contributed by atoms with Crippen molar-refractivity contribution in [3.63, 3.8) is 0 Å². The molecule has 0 atom stereocenters. The highest BCUT2D eigenvalue weighted by Gasteiger charge is 2.14. The first kappa shape index (κ1) is 14.0. The molecule has 0 unspecified atom stereocenters. The number of nitrogen functional groups attached to an aromatic ring is 1. The number of hydrogen-bond donors (Lipinski definition) is 1. The third kappa shape index (κ3) is 3.48. The van der Waals surface area contributed by atoms with Crippen molar-refractivity contribution in [3.05, 3.63) is 29.3 Å². The highest BCUT2D eigenvalue weighted by atomic mass is 16.5. The van der Waals surface area contributed by atoms with Crippen LogP contribution in [-0.4, -0.2) is 37.0 Å². The summed E-state index contributed by atoms with van der Waals surface area (Å²) in [7, 11) is 1.65. The Labute approximate surface area is 107 Å². The molecule has 0 heterocycles. The SMILES string of the molecule is CCN(C)C(=O)COC(=O)c1cc(N)ccc1C. The number of anilines is 1. The standard InChI is InChI=1S/C13H18N2O3/c1-4-15(3)12(16)8-18-13(17)11-7-10(14)6-5-9(11)2/h5-7H,4,8,14H2,1-3H3. The first-order chi connectivity index (χ1) is 8.45. The van der Waals surface area contributed by atoms with Crippen LogP contribution in [0.25, 0.3) is 0 Å². The van der Waals surface area contributed by atoms with Crippen LogP contribution in [0.4, 0.5) is 5.69 Å². The molecule has 1 aromatic rings. The number of nitrogens with zero attached hydrogens (tertiary/aromatic N) is 1. The Balaban J connectivity index is 2.66. The Morgan fingerprint density at radius 3 is 2.67 bits per heavy atom. The van der Waals surface area contributed by atoms with E-state index in [9.17, 15) is 9.59 Å². The maximum Gasteiger partial charge on any atom is 0.338 e. The van der Waals surface area contributed by atoms with Crippen molar-refractivity contribution in [2.24, 2.45) is 0 Å². The summed E-state index contributed by atoms with van der Waals surface area (Å²) >= 11 is 0. The average Bonchev–Trinajstić information content (AvgIpc) is 2.37. The Bertz CT molecular complexity index is 458. The molecule has 18 heavy (non-hydrogen) atoms. The van der Waals surface area contributed by atoms with Crippen molar-refractivity contribution < 1.29 is 14.3 Å². The number of amides is 1. The van der Waals surface area contributed by atoms with E-state index in [1.807, 2.05) is 6.92 Å². The van der Waals surface area contributed by atoms with Gasteiger partial charge in [0, 0.05) is 19.3 Å². The number of ether oxygens (including phenoxy) is 1. The minimum absolute atomic E-state index is 0.229. The van der Waals surface area contributed by atoms with Gasteiger partial charge >= 0.3 is 5.97 Å². The number of carbonyl (C=O) groups excluding carboxylic acids is 2. The number of nitrogens with two attached hydrogens (primary N) is 1. The largest absolute Gasteiger partial charge is 0.452 e. The molecular weight excluding hydrogens is 232 g/mol. The number of hydrogen-bond acceptors (Lipinski definition) is 4. The van der Waals surface area contributed by atoms with E-state index >= 15 is 0 Å². The molecule has 0 aromatic heterocycles. The minimum Gasteiger partial charge on any atom is -0.452 e. The molecule has 5 nitrogen and oxygen atoms in total. The van der Waals surface area contributed by atoms with E-state index in [0.717, 1.165) is 5.56 Å². The van der Waals surface area contributed by atoms with Gasteiger partial charge in [0.1, 0.15) is 0 Å². The van der Waals surface area contributed by atoms with Crippen LogP contribution in [0, 0.1) is 6.92 Å². The Kier molecular flexibility index (Phi) is 4.71. The lowest BCUT2D eigenvalue weighted by Gasteiger charge is -2.14. The molecule has 5 heteroatoms. The van der Waals surface area contributed by atoms with E-state index in [1.54, 1.807) is 32.2 Å². The van der Waals surface area contributed by atoms with Gasteiger partial charge in [-0.15, -0.1) is 0 Å². The van der Waals surface area contributed by atoms with Gasteiger partial charge in [0.2, 0.25) is 0 Å². The predicted octanol–water partition coefficient (Wildman–Crippen LogP) is 1.21. The average molecular weight is 250 g/mol. The zero-order chi connectivity index (χ0) is 13.7. The van der Waals surface area contributed by atoms with E-state index in [2.05, 4.69) is 0 Å². The second-order valence-corrected chi connectivity index (χ2v) is 4.06. The lowest BCUT2D eigenvalue weighted by molar-refractivity contribution is -0.133. The van der Waals surface area contributed by atoms with Crippen LogP contribution in [0.3, 0.4) is 0 Å². The first-order valence-electron chi connectivity index (χ1n) is 5.73. The first-order valence-corrected chi connectivity index (χ1v) is 5.73. The summed E-state index contributed by atoms with van der Waals surface area (Å²) in [5.41, 5.74) is 7.26. The molecule has 0 aliphatic heterocycles. The number of likely N-dealkylation sites (N-methyl/N-ethyl adjacent to an activating group) is 1. The van der Waals surface area contributed by atoms with E-state index < -0.39 is 5.97 Å². The molecule has 1 rings (SSSR count). The van der Waals surface area contributed by atoms with Crippen LogP contribution < -0.4 is 5.73 Å². The van der Waals surface area contributed by atoms with Crippen LogP contribution >= 0.6 is 0 Å². The highest BCUT2D eigenvalue weighted by molar-refractivity contribution is 5.93. The molecule has 0 saturated heterocycles. The molecule has 1 aromatic carbocycles. The Hall–Kier alpha value is -2.04. The molecule has 98 valence electrons. The minimum atomic E-state index is -0.530. The van der Waals surface area contributed by atoms with Crippen molar-refractivity contribution >= 4 is 17.6 Å². The molecule has 0 radical (unpaired) electrons. The van der Waals surface area contributed by atoms with Gasteiger partial charge in [0.05, 0.1) is 5.56 Å². The molecule has 0 aliphatic rings. The monoisotopic (exact) mass is 250 g/mol. The third-order valence-corrected chi connectivity index (χ3v) is 2.71. The lowest BCUT2D eigenvalue weighted by Crippen LogP contribution is -2.31. The second kappa shape index (κ2) is 6.05. The third-order valence-electron chi connectivity index (χ3n) is 2.71. The normalized spacial score (nSPS) is 9.94. The zero-order valence-corrected chi connectivity index (χ0v) is 10.9. The van der Waals surface area contributed by atoms with Gasteiger partial charge in [-0.2, -0.15) is 0 Å². The highest BCUT2D eigenvalue weighted by Crippen LogP contribution is 2.13. The molecule has 1 amide bonds. The van der Waals surface area contributed by atoms with Gasteiger partial charge in [0.25, 0.3) is 5.91 Å². The number of rotatable bonds is 4. The van der Waals surface area contributed by atoms with E-state index in [4.69, 9.17) is 10.5 Å². The van der Waals surface area contributed by atoms with Crippen molar-refractivity contribution in [2.75, 3.05) is 25.9 Å². The summed E-state index contributed by atoms with van der Waals surface area (Å²) in [6.07, 6.45) is 0. The van der Waals surface area contributed by atoms with Crippen LogP contribution in [0.2, 0.25) is 0 Å². The maximum atomic E-state index is 11.8. The molecule has 0 spiro atoms. The summed E-state index contributed by atoms with van der Waals surface area (Å²) in [6, 6.07) is 5.00. The number of benzene rings is 1. The van der Waals surface area contributed by atoms with Crippen molar-refractivity contribution in [3.8, 4) is 0 Å². The van der Waals surface area contributed by atoms with Gasteiger partial charge in [-0.3, -0.25) is 4.79 Å². The molecule has 0 fully saturated rings. The summed E-state index contributed by atoms with van der Waals surface area (Å²) in [5, 5.41) is 0. The second-order valence-electron chi connectivity index (χ2n) is 4.06. The molecule has 2 N–H and O–H groups in total. The van der Waals surface area contributed by atoms with Gasteiger partial charge in [-0.25, -0.2) is 4.79 Å². The molecule has 0 aliphatic carbocycles.